The van der Waals surface area contributed by atoms with E-state index in [4.69, 9.17) is 16.3 Å². The number of sulfone groups is 1. The minimum atomic E-state index is -3.22. The first-order valence-corrected chi connectivity index (χ1v) is 13.0. The molecule has 2 fully saturated rings. The number of rotatable bonds is 8. The van der Waals surface area contributed by atoms with Crippen LogP contribution in [-0.2, 0) is 23.4 Å². The van der Waals surface area contributed by atoms with Gasteiger partial charge in [-0.3, -0.25) is 14.6 Å². The van der Waals surface area contributed by atoms with Gasteiger partial charge in [0.25, 0.3) is 11.5 Å². The quantitative estimate of drug-likeness (QED) is 0.508. The second kappa shape index (κ2) is 8.39. The van der Waals surface area contributed by atoms with E-state index in [0.717, 1.165) is 18.4 Å². The van der Waals surface area contributed by atoms with E-state index in [1.807, 2.05) is 0 Å². The molecule has 2 aromatic heterocycles. The van der Waals surface area contributed by atoms with Crippen LogP contribution < -0.4 is 15.6 Å². The van der Waals surface area contributed by atoms with Crippen molar-refractivity contribution in [3.63, 3.8) is 0 Å². The van der Waals surface area contributed by atoms with Gasteiger partial charge in [0, 0.05) is 30.2 Å². The molecule has 0 bridgehead atoms. The van der Waals surface area contributed by atoms with Gasteiger partial charge in [0.2, 0.25) is 0 Å². The van der Waals surface area contributed by atoms with E-state index < -0.39 is 26.1 Å². The first-order valence-electron chi connectivity index (χ1n) is 11.1. The molecule has 0 unspecified atom stereocenters. The summed E-state index contributed by atoms with van der Waals surface area (Å²) < 4.78 is 32.0. The Morgan fingerprint density at radius 3 is 2.59 bits per heavy atom. The van der Waals surface area contributed by atoms with E-state index in [1.165, 1.54) is 16.8 Å². The number of amides is 1. The maximum atomic E-state index is 13.0. The van der Waals surface area contributed by atoms with Gasteiger partial charge in [-0.15, -0.1) is 0 Å². The van der Waals surface area contributed by atoms with Crippen LogP contribution in [0.15, 0.2) is 47.5 Å². The van der Waals surface area contributed by atoms with Crippen molar-refractivity contribution in [1.29, 1.82) is 0 Å². The topological polar surface area (TPSA) is 107 Å². The Hall–Kier alpha value is -2.91. The molecule has 1 aromatic carbocycles. The molecule has 8 nitrogen and oxygen atoms in total. The number of fused-ring (bicyclic) bond motifs is 1. The molecule has 0 saturated heterocycles. The summed E-state index contributed by atoms with van der Waals surface area (Å²) in [5.41, 5.74) is 0.818. The molecule has 0 atom stereocenters. The van der Waals surface area contributed by atoms with Crippen molar-refractivity contribution in [3.05, 3.63) is 69.2 Å². The Balaban J connectivity index is 1.38. The second-order valence-electron chi connectivity index (χ2n) is 9.02. The summed E-state index contributed by atoms with van der Waals surface area (Å²) in [6.07, 6.45) is 5.63. The van der Waals surface area contributed by atoms with Crippen LogP contribution in [-0.4, -0.2) is 40.5 Å². The minimum absolute atomic E-state index is 0.0158. The van der Waals surface area contributed by atoms with E-state index in [0.29, 0.717) is 34.5 Å². The largest absolute Gasteiger partial charge is 0.488 e. The van der Waals surface area contributed by atoms with Gasteiger partial charge in [0.05, 0.1) is 17.0 Å². The summed E-state index contributed by atoms with van der Waals surface area (Å²) in [7, 11) is -1.66. The number of hydrogen-bond acceptors (Lipinski definition) is 6. The highest BCUT2D eigenvalue weighted by atomic mass is 35.5. The zero-order valence-electron chi connectivity index (χ0n) is 18.6. The Labute approximate surface area is 201 Å². The van der Waals surface area contributed by atoms with Crippen molar-refractivity contribution in [2.75, 3.05) is 6.61 Å². The Morgan fingerprint density at radius 1 is 1.24 bits per heavy atom. The fraction of sp³-hybridized carbons (Fsp3) is 0.375. The molecule has 178 valence electrons. The number of carbonyl (C=O) groups is 1. The molecule has 3 aromatic rings. The lowest BCUT2D eigenvalue weighted by atomic mass is 10.1. The monoisotopic (exact) mass is 501 g/mol. The normalized spacial score (nSPS) is 16.9. The SMILES string of the molecule is Cn1c(=O)c(C(=O)NCc2ccc(Cl)cc2)cc2cncc(OCC3(S(=O)(=O)C4CC4)CC3)c21. The van der Waals surface area contributed by atoms with Crippen molar-refractivity contribution in [3.8, 4) is 5.75 Å². The number of hydrogen-bond donors (Lipinski definition) is 1. The van der Waals surface area contributed by atoms with E-state index in [1.54, 1.807) is 37.5 Å². The van der Waals surface area contributed by atoms with Crippen LogP contribution in [0.3, 0.4) is 0 Å². The second-order valence-corrected chi connectivity index (χ2v) is 12.1. The standard InChI is InChI=1S/C24H24ClN3O5S/c1-28-21-16(10-19(23(28)30)22(29)27-11-15-2-4-17(25)5-3-15)12-26-13-20(21)33-14-24(8-9-24)34(31,32)18-6-7-18/h2-5,10,12-13,18H,6-9,11,14H2,1H3,(H,27,29). The predicted octanol–water partition coefficient (Wildman–Crippen LogP) is 3.01. The van der Waals surface area contributed by atoms with Gasteiger partial charge in [-0.2, -0.15) is 0 Å². The van der Waals surface area contributed by atoms with Gasteiger partial charge in [-0.05, 0) is 49.4 Å². The van der Waals surface area contributed by atoms with Gasteiger partial charge < -0.3 is 14.6 Å². The van der Waals surface area contributed by atoms with Crippen LogP contribution in [0.4, 0.5) is 0 Å². The highest BCUT2D eigenvalue weighted by Gasteiger charge is 2.60. The van der Waals surface area contributed by atoms with Crippen molar-refractivity contribution in [1.82, 2.24) is 14.9 Å². The third-order valence-corrected chi connectivity index (χ3v) is 9.89. The van der Waals surface area contributed by atoms with E-state index in [2.05, 4.69) is 10.3 Å². The molecule has 1 N–H and O–H groups in total. The number of halogens is 1. The van der Waals surface area contributed by atoms with Crippen molar-refractivity contribution >= 4 is 38.2 Å². The number of carbonyl (C=O) groups excluding carboxylic acids is 1. The molecule has 2 heterocycles. The lowest BCUT2D eigenvalue weighted by Crippen LogP contribution is -2.34. The first kappa shape index (κ1) is 22.9. The summed E-state index contributed by atoms with van der Waals surface area (Å²) in [6.45, 7) is 0.278. The molecule has 2 saturated carbocycles. The summed E-state index contributed by atoms with van der Waals surface area (Å²) >= 11 is 5.89. The van der Waals surface area contributed by atoms with Gasteiger partial charge >= 0.3 is 0 Å². The van der Waals surface area contributed by atoms with Crippen LogP contribution in [0.25, 0.3) is 10.9 Å². The van der Waals surface area contributed by atoms with E-state index in [-0.39, 0.29) is 24.0 Å². The van der Waals surface area contributed by atoms with Crippen LogP contribution in [0.2, 0.25) is 5.02 Å². The maximum Gasteiger partial charge on any atom is 0.263 e. The molecule has 10 heteroatoms. The number of nitrogens with one attached hydrogen (secondary N) is 1. The molecule has 5 rings (SSSR count). The van der Waals surface area contributed by atoms with Crippen LogP contribution in [0.5, 0.6) is 5.75 Å². The summed E-state index contributed by atoms with van der Waals surface area (Å²) in [5.74, 6) is -0.182. The van der Waals surface area contributed by atoms with Crippen LogP contribution in [0, 0.1) is 0 Å². The highest BCUT2D eigenvalue weighted by molar-refractivity contribution is 7.94. The third kappa shape index (κ3) is 4.07. The van der Waals surface area contributed by atoms with Gasteiger partial charge in [-0.25, -0.2) is 8.42 Å². The maximum absolute atomic E-state index is 13.0. The zero-order chi connectivity index (χ0) is 24.1. The average Bonchev–Trinajstić information content (AvgIpc) is 3.73. The molecule has 2 aliphatic carbocycles. The molecule has 0 aliphatic heterocycles. The van der Waals surface area contributed by atoms with Crippen molar-refractivity contribution in [2.45, 2.75) is 42.2 Å². The van der Waals surface area contributed by atoms with Crippen LogP contribution >= 0.6 is 11.6 Å². The number of aryl methyl sites for hydroxylation is 1. The molecular formula is C24H24ClN3O5S. The molecular weight excluding hydrogens is 478 g/mol. The van der Waals surface area contributed by atoms with Gasteiger partial charge in [0.15, 0.2) is 15.6 Å². The number of aromatic nitrogens is 2. The third-order valence-electron chi connectivity index (χ3n) is 6.56. The smallest absolute Gasteiger partial charge is 0.263 e. The fourth-order valence-corrected chi connectivity index (χ4v) is 6.64. The first-order chi connectivity index (χ1) is 16.2. The van der Waals surface area contributed by atoms with Gasteiger partial charge in [-0.1, -0.05) is 23.7 Å². The lowest BCUT2D eigenvalue weighted by Gasteiger charge is -2.18. The fourth-order valence-electron chi connectivity index (χ4n) is 4.15. The van der Waals surface area contributed by atoms with Crippen molar-refractivity contribution in [2.24, 2.45) is 7.05 Å². The zero-order valence-corrected chi connectivity index (χ0v) is 20.2. The summed E-state index contributed by atoms with van der Waals surface area (Å²) in [5, 5.41) is 3.65. The number of pyridine rings is 2. The van der Waals surface area contributed by atoms with E-state index >= 15 is 0 Å². The average molecular weight is 502 g/mol. The van der Waals surface area contributed by atoms with E-state index in [9.17, 15) is 18.0 Å². The molecule has 1 amide bonds. The summed E-state index contributed by atoms with van der Waals surface area (Å²) in [4.78, 5) is 30.0. The minimum Gasteiger partial charge on any atom is -0.488 e. The number of ether oxygens (including phenoxy) is 1. The molecule has 34 heavy (non-hydrogen) atoms. The Bertz CT molecular complexity index is 1440. The Kier molecular flexibility index (Phi) is 5.64. The molecule has 0 radical (unpaired) electrons. The molecule has 2 aliphatic rings. The number of nitrogens with zero attached hydrogens (tertiary/aromatic N) is 2. The highest BCUT2D eigenvalue weighted by Crippen LogP contribution is 2.50. The molecule has 0 spiro atoms. The Morgan fingerprint density at radius 2 is 1.94 bits per heavy atom. The number of benzene rings is 1. The van der Waals surface area contributed by atoms with Gasteiger partial charge in [0.1, 0.15) is 16.9 Å². The predicted molar refractivity (Wildman–Crippen MR) is 129 cm³/mol. The van der Waals surface area contributed by atoms with Crippen LogP contribution in [0.1, 0.15) is 41.6 Å². The van der Waals surface area contributed by atoms with Crippen molar-refractivity contribution < 1.29 is 17.9 Å². The summed E-state index contributed by atoms with van der Waals surface area (Å²) in [6, 6.07) is 8.54. The lowest BCUT2D eigenvalue weighted by molar-refractivity contribution is 0.0949.